The van der Waals surface area contributed by atoms with Crippen LogP contribution in [0.5, 0.6) is 0 Å². The molecule has 0 radical (unpaired) electrons. The molecule has 0 aliphatic heterocycles. The zero-order valence-electron chi connectivity index (χ0n) is 12.1. The minimum absolute atomic E-state index is 0.426. The Morgan fingerprint density at radius 1 is 1.26 bits per heavy atom. The second-order valence-corrected chi connectivity index (χ2v) is 7.03. The molecule has 110 valence electrons. The lowest BCUT2D eigenvalue weighted by Crippen LogP contribution is -2.39. The Balaban J connectivity index is 1.93. The molecule has 0 spiro atoms. The van der Waals surface area contributed by atoms with Crippen LogP contribution in [-0.2, 0) is 4.79 Å². The second kappa shape index (κ2) is 6.25. The number of aliphatic hydroxyl groups is 1. The third-order valence-electron chi connectivity index (χ3n) is 5.25. The van der Waals surface area contributed by atoms with E-state index in [0.29, 0.717) is 18.3 Å². The van der Waals surface area contributed by atoms with Crippen LogP contribution in [0.1, 0.15) is 71.1 Å². The van der Waals surface area contributed by atoms with Crippen molar-refractivity contribution < 1.29 is 15.0 Å². The van der Waals surface area contributed by atoms with Gasteiger partial charge in [-0.15, -0.1) is 0 Å². The molecule has 0 bridgehead atoms. The highest BCUT2D eigenvalue weighted by Crippen LogP contribution is 2.44. The molecule has 19 heavy (non-hydrogen) atoms. The Labute approximate surface area is 116 Å². The molecule has 0 aromatic carbocycles. The van der Waals surface area contributed by atoms with Gasteiger partial charge in [0.05, 0.1) is 11.5 Å². The maximum absolute atomic E-state index is 11.7. The largest absolute Gasteiger partial charge is 0.481 e. The Bertz CT molecular complexity index is 309. The molecular weight excluding hydrogens is 240 g/mol. The van der Waals surface area contributed by atoms with Gasteiger partial charge in [-0.2, -0.15) is 0 Å². The molecule has 0 aromatic rings. The number of carboxylic acids is 1. The van der Waals surface area contributed by atoms with Crippen molar-refractivity contribution in [2.75, 3.05) is 0 Å². The average molecular weight is 268 g/mol. The molecule has 3 heteroatoms. The third-order valence-corrected chi connectivity index (χ3v) is 5.25. The Hall–Kier alpha value is -0.570. The highest BCUT2D eigenvalue weighted by Gasteiger charge is 2.43. The molecule has 2 N–H and O–H groups in total. The molecule has 2 aliphatic carbocycles. The Morgan fingerprint density at radius 2 is 1.95 bits per heavy atom. The highest BCUT2D eigenvalue weighted by atomic mass is 16.4. The van der Waals surface area contributed by atoms with E-state index in [9.17, 15) is 15.0 Å². The van der Waals surface area contributed by atoms with Gasteiger partial charge in [0, 0.05) is 0 Å². The van der Waals surface area contributed by atoms with Gasteiger partial charge in [-0.25, -0.2) is 0 Å². The van der Waals surface area contributed by atoms with Crippen LogP contribution in [0.15, 0.2) is 0 Å². The van der Waals surface area contributed by atoms with E-state index < -0.39 is 17.5 Å². The minimum atomic E-state index is -0.690. The lowest BCUT2D eigenvalue weighted by Gasteiger charge is -2.38. The van der Waals surface area contributed by atoms with Crippen LogP contribution >= 0.6 is 0 Å². The standard InChI is InChI=1S/C16H28O3/c1-12-5-4-8-16(10-12,15(18)19)11-14(17)9-13-6-2-3-7-13/h12-14,17H,2-11H2,1H3,(H,18,19). The molecular formula is C16H28O3. The molecule has 0 amide bonds. The summed E-state index contributed by atoms with van der Waals surface area (Å²) >= 11 is 0. The monoisotopic (exact) mass is 268 g/mol. The van der Waals surface area contributed by atoms with Gasteiger partial charge < -0.3 is 10.2 Å². The molecule has 3 atom stereocenters. The smallest absolute Gasteiger partial charge is 0.309 e. The zero-order valence-corrected chi connectivity index (χ0v) is 12.1. The van der Waals surface area contributed by atoms with E-state index in [1.807, 2.05) is 0 Å². The van der Waals surface area contributed by atoms with Crippen LogP contribution in [-0.4, -0.2) is 22.3 Å². The fourth-order valence-electron chi connectivity index (χ4n) is 4.29. The van der Waals surface area contributed by atoms with E-state index in [2.05, 4.69) is 6.92 Å². The Morgan fingerprint density at radius 3 is 2.53 bits per heavy atom. The van der Waals surface area contributed by atoms with Crippen LogP contribution in [0.25, 0.3) is 0 Å². The quantitative estimate of drug-likeness (QED) is 0.801. The van der Waals surface area contributed by atoms with Crippen LogP contribution in [0.2, 0.25) is 0 Å². The molecule has 0 saturated heterocycles. The molecule has 3 unspecified atom stereocenters. The van der Waals surface area contributed by atoms with Crippen molar-refractivity contribution in [2.24, 2.45) is 17.3 Å². The summed E-state index contributed by atoms with van der Waals surface area (Å²) in [4.78, 5) is 11.7. The first-order valence-electron chi connectivity index (χ1n) is 7.93. The number of carbonyl (C=O) groups is 1. The normalized spacial score (nSPS) is 34.3. The first kappa shape index (κ1) is 14.8. The SMILES string of the molecule is CC1CCCC(CC(O)CC2CCCC2)(C(=O)O)C1. The van der Waals surface area contributed by atoms with Crippen molar-refractivity contribution in [2.45, 2.75) is 77.2 Å². The summed E-state index contributed by atoms with van der Waals surface area (Å²) in [5.74, 6) is 0.412. The summed E-state index contributed by atoms with van der Waals surface area (Å²) in [6.07, 6.45) is 9.44. The summed E-state index contributed by atoms with van der Waals surface area (Å²) in [7, 11) is 0. The zero-order chi connectivity index (χ0) is 13.9. The van der Waals surface area contributed by atoms with Gasteiger partial charge in [-0.1, -0.05) is 45.4 Å². The third kappa shape index (κ3) is 3.71. The fourth-order valence-corrected chi connectivity index (χ4v) is 4.29. The maximum Gasteiger partial charge on any atom is 0.309 e. The predicted molar refractivity (Wildman–Crippen MR) is 74.9 cm³/mol. The average Bonchev–Trinajstić information content (AvgIpc) is 2.81. The first-order valence-corrected chi connectivity index (χ1v) is 7.93. The van der Waals surface area contributed by atoms with Crippen molar-refractivity contribution in [3.8, 4) is 0 Å². The minimum Gasteiger partial charge on any atom is -0.481 e. The van der Waals surface area contributed by atoms with E-state index in [1.165, 1.54) is 25.7 Å². The van der Waals surface area contributed by atoms with Crippen molar-refractivity contribution in [3.63, 3.8) is 0 Å². The molecule has 0 heterocycles. The number of aliphatic hydroxyl groups excluding tert-OH is 1. The molecule has 3 nitrogen and oxygen atoms in total. The molecule has 2 fully saturated rings. The second-order valence-electron chi connectivity index (χ2n) is 7.03. The molecule has 0 aromatic heterocycles. The van der Waals surface area contributed by atoms with Crippen molar-refractivity contribution >= 4 is 5.97 Å². The first-order chi connectivity index (χ1) is 9.02. The van der Waals surface area contributed by atoms with Crippen LogP contribution in [0.3, 0.4) is 0 Å². The lowest BCUT2D eigenvalue weighted by atomic mass is 9.67. The number of hydrogen-bond acceptors (Lipinski definition) is 2. The van der Waals surface area contributed by atoms with Gasteiger partial charge in [0.1, 0.15) is 0 Å². The van der Waals surface area contributed by atoms with E-state index in [1.54, 1.807) is 0 Å². The van der Waals surface area contributed by atoms with Crippen LogP contribution < -0.4 is 0 Å². The predicted octanol–water partition coefficient (Wildman–Crippen LogP) is 3.60. The molecule has 2 rings (SSSR count). The van der Waals surface area contributed by atoms with Gasteiger partial charge in [-0.3, -0.25) is 4.79 Å². The number of carboxylic acid groups (broad SMARTS) is 1. The van der Waals surface area contributed by atoms with Crippen LogP contribution in [0.4, 0.5) is 0 Å². The van der Waals surface area contributed by atoms with Gasteiger partial charge in [0.15, 0.2) is 0 Å². The number of aliphatic carboxylic acids is 1. The summed E-state index contributed by atoms with van der Waals surface area (Å²) in [5.41, 5.74) is -0.657. The molecule has 2 saturated carbocycles. The van der Waals surface area contributed by atoms with Gasteiger partial charge in [0.2, 0.25) is 0 Å². The topological polar surface area (TPSA) is 57.5 Å². The van der Waals surface area contributed by atoms with Crippen molar-refractivity contribution in [1.82, 2.24) is 0 Å². The number of hydrogen-bond donors (Lipinski definition) is 2. The highest BCUT2D eigenvalue weighted by molar-refractivity contribution is 5.74. The number of rotatable bonds is 5. The van der Waals surface area contributed by atoms with E-state index in [0.717, 1.165) is 32.1 Å². The van der Waals surface area contributed by atoms with E-state index >= 15 is 0 Å². The summed E-state index contributed by atoms with van der Waals surface area (Å²) in [6.45, 7) is 2.14. The van der Waals surface area contributed by atoms with Gasteiger partial charge in [0.25, 0.3) is 0 Å². The van der Waals surface area contributed by atoms with E-state index in [-0.39, 0.29) is 0 Å². The molecule has 2 aliphatic rings. The van der Waals surface area contributed by atoms with E-state index in [4.69, 9.17) is 0 Å². The van der Waals surface area contributed by atoms with Crippen molar-refractivity contribution in [1.29, 1.82) is 0 Å². The lowest BCUT2D eigenvalue weighted by molar-refractivity contribution is -0.154. The Kier molecular flexibility index (Phi) is 4.88. The fraction of sp³-hybridized carbons (Fsp3) is 0.938. The van der Waals surface area contributed by atoms with Crippen molar-refractivity contribution in [3.05, 3.63) is 0 Å². The van der Waals surface area contributed by atoms with Crippen LogP contribution in [0, 0.1) is 17.3 Å². The summed E-state index contributed by atoms with van der Waals surface area (Å²) < 4.78 is 0. The summed E-state index contributed by atoms with van der Waals surface area (Å²) in [6, 6.07) is 0. The maximum atomic E-state index is 11.7. The van der Waals surface area contributed by atoms with Gasteiger partial charge in [-0.05, 0) is 37.5 Å². The van der Waals surface area contributed by atoms with Gasteiger partial charge >= 0.3 is 5.97 Å². The summed E-state index contributed by atoms with van der Waals surface area (Å²) in [5, 5.41) is 19.9.